The number of hydrogen-bond donors (Lipinski definition) is 0. The molecule has 0 radical (unpaired) electrons. The zero-order valence-corrected chi connectivity index (χ0v) is 14.2. The van der Waals surface area contributed by atoms with Crippen LogP contribution in [-0.2, 0) is 9.53 Å². The van der Waals surface area contributed by atoms with E-state index in [-0.39, 0.29) is 11.9 Å². The lowest BCUT2D eigenvalue weighted by atomic mass is 9.93. The van der Waals surface area contributed by atoms with Gasteiger partial charge in [0, 0.05) is 18.2 Å². The van der Waals surface area contributed by atoms with Crippen molar-refractivity contribution in [1.82, 2.24) is 10.1 Å². The van der Waals surface area contributed by atoms with E-state index in [1.807, 2.05) is 13.8 Å². The Morgan fingerprint density at radius 1 is 1.43 bits per heavy atom. The zero-order chi connectivity index (χ0) is 16.4. The summed E-state index contributed by atoms with van der Waals surface area (Å²) in [6.45, 7) is 5.72. The Labute approximate surface area is 137 Å². The van der Waals surface area contributed by atoms with Gasteiger partial charge in [-0.05, 0) is 43.3 Å². The number of ether oxygens (including phenoxy) is 2. The van der Waals surface area contributed by atoms with Crippen LogP contribution in [0.4, 0.5) is 0 Å². The molecular weight excluding hydrogens is 296 g/mol. The topological polar surface area (TPSA) is 64.8 Å². The first-order valence-corrected chi connectivity index (χ1v) is 8.53. The van der Waals surface area contributed by atoms with Crippen molar-refractivity contribution in [1.29, 1.82) is 0 Å². The standard InChI is InChI=1S/C17H26N2O4/c1-11(2)16(17(20)21-3)14-9-15(18-23-14)22-10-13-7-6-12-5-4-8-19(12)13/h9,11-13,16H,4-8,10H2,1-3H3. The van der Waals surface area contributed by atoms with E-state index in [9.17, 15) is 4.79 Å². The van der Waals surface area contributed by atoms with Gasteiger partial charge in [-0.15, -0.1) is 0 Å². The van der Waals surface area contributed by atoms with E-state index < -0.39 is 5.92 Å². The van der Waals surface area contributed by atoms with Gasteiger partial charge in [-0.25, -0.2) is 0 Å². The van der Waals surface area contributed by atoms with Gasteiger partial charge in [-0.1, -0.05) is 13.8 Å². The van der Waals surface area contributed by atoms with Crippen molar-refractivity contribution in [2.24, 2.45) is 5.92 Å². The summed E-state index contributed by atoms with van der Waals surface area (Å²) in [5, 5.41) is 3.96. The number of aromatic nitrogens is 1. The molecule has 128 valence electrons. The first kappa shape index (κ1) is 16.3. The number of carbonyl (C=O) groups excluding carboxylic acids is 1. The lowest BCUT2D eigenvalue weighted by molar-refractivity contribution is -0.144. The predicted octanol–water partition coefficient (Wildman–Crippen LogP) is 2.59. The Morgan fingerprint density at radius 2 is 2.26 bits per heavy atom. The lowest BCUT2D eigenvalue weighted by Gasteiger charge is -2.23. The van der Waals surface area contributed by atoms with Gasteiger partial charge in [-0.3, -0.25) is 9.69 Å². The molecule has 2 aliphatic rings. The van der Waals surface area contributed by atoms with Crippen LogP contribution in [0.1, 0.15) is 51.2 Å². The highest BCUT2D eigenvalue weighted by Crippen LogP contribution is 2.33. The maximum atomic E-state index is 11.9. The van der Waals surface area contributed by atoms with Crippen LogP contribution >= 0.6 is 0 Å². The molecule has 23 heavy (non-hydrogen) atoms. The molecule has 0 saturated carbocycles. The summed E-state index contributed by atoms with van der Waals surface area (Å²) in [7, 11) is 1.39. The number of nitrogens with zero attached hydrogens (tertiary/aromatic N) is 2. The van der Waals surface area contributed by atoms with Gasteiger partial charge in [0.15, 0.2) is 5.76 Å². The Kier molecular flexibility index (Phi) is 4.90. The van der Waals surface area contributed by atoms with Gasteiger partial charge in [0.05, 0.1) is 7.11 Å². The van der Waals surface area contributed by atoms with Crippen LogP contribution in [-0.4, -0.2) is 48.4 Å². The molecule has 6 nitrogen and oxygen atoms in total. The van der Waals surface area contributed by atoms with Crippen molar-refractivity contribution < 1.29 is 18.8 Å². The number of methoxy groups -OCH3 is 1. The van der Waals surface area contributed by atoms with Crippen molar-refractivity contribution >= 4 is 5.97 Å². The monoisotopic (exact) mass is 322 g/mol. The average Bonchev–Trinajstić information content (AvgIpc) is 3.21. The van der Waals surface area contributed by atoms with Gasteiger partial charge in [0.2, 0.25) is 0 Å². The normalized spacial score (nSPS) is 25.6. The fourth-order valence-corrected chi connectivity index (χ4v) is 3.89. The number of rotatable bonds is 6. The molecule has 0 bridgehead atoms. The molecule has 2 aliphatic heterocycles. The minimum absolute atomic E-state index is 0.0726. The highest BCUT2D eigenvalue weighted by atomic mass is 16.5. The largest absolute Gasteiger partial charge is 0.474 e. The van der Waals surface area contributed by atoms with Gasteiger partial charge < -0.3 is 14.0 Å². The second-order valence-electron chi connectivity index (χ2n) is 6.89. The van der Waals surface area contributed by atoms with Crippen molar-refractivity contribution in [2.75, 3.05) is 20.3 Å². The van der Waals surface area contributed by atoms with Crippen LogP contribution in [0, 0.1) is 5.92 Å². The zero-order valence-electron chi connectivity index (χ0n) is 14.2. The van der Waals surface area contributed by atoms with E-state index in [0.29, 0.717) is 24.3 Å². The van der Waals surface area contributed by atoms with E-state index >= 15 is 0 Å². The van der Waals surface area contributed by atoms with Crippen LogP contribution in [0.2, 0.25) is 0 Å². The van der Waals surface area contributed by atoms with Crippen molar-refractivity contribution in [2.45, 2.75) is 57.5 Å². The van der Waals surface area contributed by atoms with E-state index in [1.165, 1.54) is 39.3 Å². The molecule has 0 N–H and O–H groups in total. The summed E-state index contributed by atoms with van der Waals surface area (Å²) in [4.78, 5) is 14.5. The molecule has 3 unspecified atom stereocenters. The number of hydrogen-bond acceptors (Lipinski definition) is 6. The molecule has 1 aromatic rings. The van der Waals surface area contributed by atoms with Gasteiger partial charge in [0.1, 0.15) is 12.5 Å². The van der Waals surface area contributed by atoms with Crippen molar-refractivity contribution in [3.8, 4) is 5.88 Å². The second kappa shape index (κ2) is 6.91. The predicted molar refractivity (Wildman–Crippen MR) is 84.3 cm³/mol. The molecule has 2 fully saturated rings. The third-order valence-corrected chi connectivity index (χ3v) is 5.08. The molecule has 0 aliphatic carbocycles. The van der Waals surface area contributed by atoms with Gasteiger partial charge in [-0.2, -0.15) is 0 Å². The molecular formula is C17H26N2O4. The summed E-state index contributed by atoms with van der Waals surface area (Å²) in [6.07, 6.45) is 5.08. The summed E-state index contributed by atoms with van der Waals surface area (Å²) < 4.78 is 16.0. The first-order chi connectivity index (χ1) is 11.1. The molecule has 0 amide bonds. The smallest absolute Gasteiger partial charge is 0.316 e. The van der Waals surface area contributed by atoms with E-state index in [0.717, 1.165) is 6.04 Å². The fraction of sp³-hybridized carbons (Fsp3) is 0.765. The highest BCUT2D eigenvalue weighted by molar-refractivity contribution is 5.77. The number of esters is 1. The van der Waals surface area contributed by atoms with Crippen LogP contribution in [0.3, 0.4) is 0 Å². The SMILES string of the molecule is COC(=O)C(c1cc(OCC2CCC3CCCN32)no1)C(C)C. The number of fused-ring (bicyclic) bond motifs is 1. The first-order valence-electron chi connectivity index (χ1n) is 8.53. The van der Waals surface area contributed by atoms with Crippen LogP contribution in [0.5, 0.6) is 5.88 Å². The summed E-state index contributed by atoms with van der Waals surface area (Å²) >= 11 is 0. The maximum absolute atomic E-state index is 11.9. The van der Waals surface area contributed by atoms with Gasteiger partial charge in [0.25, 0.3) is 5.88 Å². The van der Waals surface area contributed by atoms with Crippen LogP contribution < -0.4 is 4.74 Å². The van der Waals surface area contributed by atoms with Gasteiger partial charge >= 0.3 is 5.97 Å². The molecule has 3 atom stereocenters. The Balaban J connectivity index is 1.59. The molecule has 3 rings (SSSR count). The third kappa shape index (κ3) is 3.37. The minimum Gasteiger partial charge on any atom is -0.474 e. The number of carbonyl (C=O) groups is 1. The quantitative estimate of drug-likeness (QED) is 0.750. The Morgan fingerprint density at radius 3 is 3.00 bits per heavy atom. The molecule has 1 aromatic heterocycles. The van der Waals surface area contributed by atoms with Crippen molar-refractivity contribution in [3.63, 3.8) is 0 Å². The Bertz CT molecular complexity index is 542. The third-order valence-electron chi connectivity index (χ3n) is 5.08. The van der Waals surface area contributed by atoms with Crippen LogP contribution in [0.15, 0.2) is 10.6 Å². The highest BCUT2D eigenvalue weighted by Gasteiger charge is 2.37. The Hall–Kier alpha value is -1.56. The van der Waals surface area contributed by atoms with Crippen LogP contribution in [0.25, 0.3) is 0 Å². The van der Waals surface area contributed by atoms with Crippen molar-refractivity contribution in [3.05, 3.63) is 11.8 Å². The van der Waals surface area contributed by atoms with E-state index in [1.54, 1.807) is 6.07 Å². The van der Waals surface area contributed by atoms with E-state index in [2.05, 4.69) is 10.1 Å². The lowest BCUT2D eigenvalue weighted by Crippen LogP contribution is -2.35. The average molecular weight is 322 g/mol. The fourth-order valence-electron chi connectivity index (χ4n) is 3.89. The molecule has 0 aromatic carbocycles. The summed E-state index contributed by atoms with van der Waals surface area (Å²) in [5.41, 5.74) is 0. The summed E-state index contributed by atoms with van der Waals surface area (Å²) in [5.74, 6) is 0.283. The molecule has 0 spiro atoms. The molecule has 2 saturated heterocycles. The minimum atomic E-state index is -0.445. The second-order valence-corrected chi connectivity index (χ2v) is 6.89. The van der Waals surface area contributed by atoms with E-state index in [4.69, 9.17) is 14.0 Å². The summed E-state index contributed by atoms with van der Waals surface area (Å²) in [6, 6.07) is 2.95. The maximum Gasteiger partial charge on any atom is 0.316 e. The molecule has 6 heteroatoms. The molecule has 3 heterocycles.